The quantitative estimate of drug-likeness (QED) is 0.213. The molecule has 0 bridgehead atoms. The van der Waals surface area contributed by atoms with Crippen LogP contribution >= 0.6 is 15.9 Å². The summed E-state index contributed by atoms with van der Waals surface area (Å²) in [5, 5.41) is 0. The molecule has 1 nitrogen and oxygen atoms in total. The van der Waals surface area contributed by atoms with Crippen molar-refractivity contribution in [2.45, 2.75) is 0 Å². The molecular weight excluding hydrogens is 514 g/mol. The number of aromatic nitrogens is 1. The molecule has 0 saturated heterocycles. The Balaban J connectivity index is 1.39. The molecule has 1 aromatic heterocycles. The predicted octanol–water partition coefficient (Wildman–Crippen LogP) is 10.2. The molecule has 0 fully saturated rings. The molecule has 2 heteroatoms. The number of benzene rings is 5. The van der Waals surface area contributed by atoms with Gasteiger partial charge in [-0.15, -0.1) is 0 Å². The Kier molecular flexibility index (Phi) is 6.49. The van der Waals surface area contributed by atoms with Gasteiger partial charge in [-0.1, -0.05) is 131 Å². The van der Waals surface area contributed by atoms with E-state index in [-0.39, 0.29) is 0 Å². The topological polar surface area (TPSA) is 12.9 Å². The average molecular weight is 538 g/mol. The normalized spacial score (nSPS) is 10.8. The summed E-state index contributed by atoms with van der Waals surface area (Å²) in [6, 6.07) is 51.1. The molecule has 176 valence electrons. The Morgan fingerprint density at radius 2 is 0.730 bits per heavy atom. The molecule has 0 aliphatic carbocycles. The molecule has 37 heavy (non-hydrogen) atoms. The van der Waals surface area contributed by atoms with Gasteiger partial charge in [0.15, 0.2) is 0 Å². The highest BCUT2D eigenvalue weighted by molar-refractivity contribution is 9.10. The number of nitrogens with zero attached hydrogens (tertiary/aromatic N) is 1. The van der Waals surface area contributed by atoms with Crippen molar-refractivity contribution >= 4 is 15.9 Å². The summed E-state index contributed by atoms with van der Waals surface area (Å²) in [5.74, 6) is 0. The van der Waals surface area contributed by atoms with Gasteiger partial charge in [-0.25, -0.2) is 4.98 Å². The number of rotatable bonds is 5. The minimum Gasteiger partial charge on any atom is -0.248 e. The monoisotopic (exact) mass is 537 g/mol. The van der Waals surface area contributed by atoms with Crippen LogP contribution in [0.15, 0.2) is 150 Å². The van der Waals surface area contributed by atoms with Gasteiger partial charge in [0.1, 0.15) is 0 Å². The van der Waals surface area contributed by atoms with Crippen molar-refractivity contribution in [1.29, 1.82) is 0 Å². The van der Waals surface area contributed by atoms with Crippen molar-refractivity contribution in [3.63, 3.8) is 0 Å². The van der Waals surface area contributed by atoms with Crippen LogP contribution < -0.4 is 0 Å². The van der Waals surface area contributed by atoms with Gasteiger partial charge in [0.2, 0.25) is 0 Å². The maximum atomic E-state index is 5.02. The van der Waals surface area contributed by atoms with Crippen LogP contribution in [0.3, 0.4) is 0 Å². The zero-order valence-corrected chi connectivity index (χ0v) is 21.8. The predicted molar refractivity (Wildman–Crippen MR) is 159 cm³/mol. The summed E-state index contributed by atoms with van der Waals surface area (Å²) in [6.45, 7) is 0. The summed E-state index contributed by atoms with van der Waals surface area (Å²) >= 11 is 3.52. The fourth-order valence-electron chi connectivity index (χ4n) is 4.59. The average Bonchev–Trinajstić information content (AvgIpc) is 2.98. The zero-order valence-electron chi connectivity index (χ0n) is 20.2. The van der Waals surface area contributed by atoms with Gasteiger partial charge in [0.25, 0.3) is 0 Å². The minimum atomic E-state index is 0.973. The molecule has 0 aliphatic rings. The largest absolute Gasteiger partial charge is 0.248 e. The second-order valence-electron chi connectivity index (χ2n) is 9.02. The van der Waals surface area contributed by atoms with Crippen LogP contribution in [0.5, 0.6) is 0 Å². The molecule has 0 N–H and O–H groups in total. The number of pyridine rings is 1. The molecule has 0 aliphatic heterocycles. The standard InChI is InChI=1S/C35H24BrN/c36-33-20-18-26(19-21-33)25-14-16-27(17-15-25)30-12-7-13-31(22-30)32-23-34(28-8-3-1-4-9-28)37-35(24-32)29-10-5-2-6-11-29/h1-24H. The van der Waals surface area contributed by atoms with Crippen molar-refractivity contribution in [2.75, 3.05) is 0 Å². The third kappa shape index (κ3) is 5.16. The molecule has 6 aromatic rings. The lowest BCUT2D eigenvalue weighted by Crippen LogP contribution is -1.91. The van der Waals surface area contributed by atoms with Crippen molar-refractivity contribution in [3.8, 4) is 55.9 Å². The first-order valence-electron chi connectivity index (χ1n) is 12.3. The van der Waals surface area contributed by atoms with Crippen molar-refractivity contribution in [2.24, 2.45) is 0 Å². The SMILES string of the molecule is Brc1ccc(-c2ccc(-c3cccc(-c4cc(-c5ccccc5)nc(-c5ccccc5)c4)c3)cc2)cc1. The van der Waals surface area contributed by atoms with Crippen molar-refractivity contribution in [1.82, 2.24) is 4.98 Å². The molecule has 0 unspecified atom stereocenters. The van der Waals surface area contributed by atoms with E-state index < -0.39 is 0 Å². The van der Waals surface area contributed by atoms with Gasteiger partial charge < -0.3 is 0 Å². The van der Waals surface area contributed by atoms with E-state index in [0.29, 0.717) is 0 Å². The molecule has 6 rings (SSSR count). The van der Waals surface area contributed by atoms with Crippen LogP contribution in [0.2, 0.25) is 0 Å². The van der Waals surface area contributed by atoms with Gasteiger partial charge in [0.05, 0.1) is 11.4 Å². The molecule has 0 atom stereocenters. The lowest BCUT2D eigenvalue weighted by molar-refractivity contribution is 1.32. The van der Waals surface area contributed by atoms with E-state index in [1.54, 1.807) is 0 Å². The first kappa shape index (κ1) is 23.1. The van der Waals surface area contributed by atoms with Crippen molar-refractivity contribution < 1.29 is 0 Å². The second kappa shape index (κ2) is 10.4. The van der Waals surface area contributed by atoms with Crippen molar-refractivity contribution in [3.05, 3.63) is 150 Å². The lowest BCUT2D eigenvalue weighted by atomic mass is 9.95. The van der Waals surface area contributed by atoms with E-state index >= 15 is 0 Å². The smallest absolute Gasteiger partial charge is 0.0715 e. The van der Waals surface area contributed by atoms with Crippen LogP contribution in [0, 0.1) is 0 Å². The molecule has 5 aromatic carbocycles. The maximum Gasteiger partial charge on any atom is 0.0715 e. The maximum absolute atomic E-state index is 5.02. The zero-order chi connectivity index (χ0) is 25.0. The summed E-state index contributed by atoms with van der Waals surface area (Å²) in [5.41, 5.74) is 11.3. The van der Waals surface area contributed by atoms with Gasteiger partial charge in [-0.3, -0.25) is 0 Å². The third-order valence-corrected chi connectivity index (χ3v) is 7.08. The number of hydrogen-bond donors (Lipinski definition) is 0. The Bertz CT molecular complexity index is 1580. The Labute approximate surface area is 226 Å². The van der Waals surface area contributed by atoms with E-state index in [1.807, 2.05) is 12.1 Å². The highest BCUT2D eigenvalue weighted by Crippen LogP contribution is 2.33. The Morgan fingerprint density at radius 3 is 1.24 bits per heavy atom. The molecule has 0 amide bonds. The van der Waals surface area contributed by atoms with E-state index in [1.165, 1.54) is 27.8 Å². The van der Waals surface area contributed by atoms with Gasteiger partial charge in [-0.2, -0.15) is 0 Å². The Morgan fingerprint density at radius 1 is 0.324 bits per heavy atom. The van der Waals surface area contributed by atoms with Crippen LogP contribution in [0.25, 0.3) is 55.9 Å². The number of hydrogen-bond acceptors (Lipinski definition) is 1. The summed E-state index contributed by atoms with van der Waals surface area (Å²) in [6.07, 6.45) is 0. The summed E-state index contributed by atoms with van der Waals surface area (Å²) < 4.78 is 1.09. The van der Waals surface area contributed by atoms with Crippen LogP contribution in [0.1, 0.15) is 0 Å². The van der Waals surface area contributed by atoms with E-state index in [2.05, 4.69) is 149 Å². The molecule has 0 spiro atoms. The lowest BCUT2D eigenvalue weighted by Gasteiger charge is -2.12. The van der Waals surface area contributed by atoms with Crippen LogP contribution in [-0.4, -0.2) is 4.98 Å². The molecular formula is C35H24BrN. The van der Waals surface area contributed by atoms with Crippen LogP contribution in [0.4, 0.5) is 0 Å². The first-order chi connectivity index (χ1) is 18.2. The highest BCUT2D eigenvalue weighted by Gasteiger charge is 2.10. The third-order valence-electron chi connectivity index (χ3n) is 6.56. The van der Waals surface area contributed by atoms with Gasteiger partial charge in [-0.05, 0) is 63.7 Å². The summed E-state index contributed by atoms with van der Waals surface area (Å²) in [7, 11) is 0. The van der Waals surface area contributed by atoms with Gasteiger partial charge >= 0.3 is 0 Å². The molecule has 0 saturated carbocycles. The van der Waals surface area contributed by atoms with Crippen LogP contribution in [-0.2, 0) is 0 Å². The first-order valence-corrected chi connectivity index (χ1v) is 13.1. The number of halogens is 1. The van der Waals surface area contributed by atoms with E-state index in [9.17, 15) is 0 Å². The fourth-order valence-corrected chi connectivity index (χ4v) is 4.85. The fraction of sp³-hybridized carbons (Fsp3) is 0. The minimum absolute atomic E-state index is 0.973. The highest BCUT2D eigenvalue weighted by atomic mass is 79.9. The van der Waals surface area contributed by atoms with E-state index in [0.717, 1.165) is 32.6 Å². The van der Waals surface area contributed by atoms with Gasteiger partial charge in [0, 0.05) is 15.6 Å². The molecule has 0 radical (unpaired) electrons. The van der Waals surface area contributed by atoms with E-state index in [4.69, 9.17) is 4.98 Å². The summed E-state index contributed by atoms with van der Waals surface area (Å²) in [4.78, 5) is 5.02. The second-order valence-corrected chi connectivity index (χ2v) is 9.94. The molecule has 1 heterocycles. The Hall–Kier alpha value is -4.27.